The first-order valence-electron chi connectivity index (χ1n) is 11.4. The van der Waals surface area contributed by atoms with E-state index >= 15 is 0 Å². The number of hydrogen-bond acceptors (Lipinski definition) is 7. The normalized spacial score (nSPS) is 13.2. The second kappa shape index (κ2) is 11.2. The molecule has 1 saturated heterocycles. The first kappa shape index (κ1) is 25.8. The van der Waals surface area contributed by atoms with Crippen molar-refractivity contribution >= 4 is 40.5 Å². The van der Waals surface area contributed by atoms with Gasteiger partial charge >= 0.3 is 5.69 Å². The van der Waals surface area contributed by atoms with E-state index in [4.69, 9.17) is 21.1 Å². The zero-order valence-electron chi connectivity index (χ0n) is 20.3. The number of carbonyl (C=O) groups excluding carboxylic acids is 2. The van der Waals surface area contributed by atoms with E-state index in [1.165, 1.54) is 32.4 Å². The van der Waals surface area contributed by atoms with Gasteiger partial charge in [-0.05, 0) is 54.6 Å². The van der Waals surface area contributed by atoms with E-state index in [1.807, 2.05) is 12.1 Å². The molecule has 0 bridgehead atoms. The second-order valence-corrected chi connectivity index (χ2v) is 8.71. The Morgan fingerprint density at radius 2 is 1.57 bits per heavy atom. The van der Waals surface area contributed by atoms with Gasteiger partial charge in [0, 0.05) is 54.2 Å². The number of ether oxygens (including phenoxy) is 2. The summed E-state index contributed by atoms with van der Waals surface area (Å²) in [4.78, 5) is 40.2. The van der Waals surface area contributed by atoms with Crippen molar-refractivity contribution in [2.75, 3.05) is 50.6 Å². The number of piperazine rings is 1. The van der Waals surface area contributed by atoms with Gasteiger partial charge in [0.05, 0.1) is 24.7 Å². The zero-order valence-corrected chi connectivity index (χ0v) is 21.0. The Morgan fingerprint density at radius 1 is 0.919 bits per heavy atom. The van der Waals surface area contributed by atoms with Crippen LogP contribution in [0.15, 0.2) is 60.7 Å². The summed E-state index contributed by atoms with van der Waals surface area (Å²) in [6.45, 7) is 2.33. The third-order valence-corrected chi connectivity index (χ3v) is 6.32. The summed E-state index contributed by atoms with van der Waals surface area (Å²) in [6, 6.07) is 16.3. The van der Waals surface area contributed by atoms with Crippen molar-refractivity contribution in [1.29, 1.82) is 0 Å². The molecule has 1 aliphatic rings. The minimum atomic E-state index is -0.594. The summed E-state index contributed by atoms with van der Waals surface area (Å²) in [5.41, 5.74) is 1.80. The van der Waals surface area contributed by atoms with Crippen LogP contribution in [0.5, 0.6) is 11.5 Å². The Bertz CT molecular complexity index is 1320. The van der Waals surface area contributed by atoms with Crippen molar-refractivity contribution < 1.29 is 24.0 Å². The van der Waals surface area contributed by atoms with Crippen LogP contribution in [0, 0.1) is 10.1 Å². The van der Waals surface area contributed by atoms with Crippen molar-refractivity contribution in [3.63, 3.8) is 0 Å². The molecule has 1 heterocycles. The van der Waals surface area contributed by atoms with Gasteiger partial charge in [0.1, 0.15) is 5.75 Å². The van der Waals surface area contributed by atoms with Gasteiger partial charge in [-0.3, -0.25) is 19.7 Å². The van der Waals surface area contributed by atoms with E-state index in [9.17, 15) is 19.7 Å². The summed E-state index contributed by atoms with van der Waals surface area (Å²) in [5.74, 6) is -0.0315. The standard InChI is InChI=1S/C26H25ClN4O6/c1-36-23-10-4-18(27)16-21(23)26(33)30-13-11-29(12-14-30)20-7-5-19(6-8-20)28-25(32)17-3-9-24(37-2)22(15-17)31(34)35/h3-10,15-16H,11-14H2,1-2H3,(H,28,32). The van der Waals surface area contributed by atoms with Crippen LogP contribution in [0.2, 0.25) is 5.02 Å². The molecule has 4 rings (SSSR count). The summed E-state index contributed by atoms with van der Waals surface area (Å²) < 4.78 is 10.3. The quantitative estimate of drug-likeness (QED) is 0.358. The number of halogens is 1. The number of nitro groups is 1. The van der Waals surface area contributed by atoms with Crippen molar-refractivity contribution in [3.05, 3.63) is 86.9 Å². The first-order valence-corrected chi connectivity index (χ1v) is 11.8. The molecule has 1 N–H and O–H groups in total. The monoisotopic (exact) mass is 524 g/mol. The average molecular weight is 525 g/mol. The Morgan fingerprint density at radius 3 is 2.19 bits per heavy atom. The maximum Gasteiger partial charge on any atom is 0.311 e. The Hall–Kier alpha value is -4.31. The molecule has 0 radical (unpaired) electrons. The zero-order chi connectivity index (χ0) is 26.5. The number of carbonyl (C=O) groups is 2. The molecule has 192 valence electrons. The number of nitro benzene ring substituents is 1. The average Bonchev–Trinajstić information content (AvgIpc) is 2.92. The lowest BCUT2D eigenvalue weighted by Gasteiger charge is -2.36. The van der Waals surface area contributed by atoms with Crippen LogP contribution in [0.3, 0.4) is 0 Å². The maximum atomic E-state index is 13.0. The van der Waals surface area contributed by atoms with Crippen LogP contribution in [-0.2, 0) is 0 Å². The summed E-state index contributed by atoms with van der Waals surface area (Å²) in [7, 11) is 2.85. The minimum Gasteiger partial charge on any atom is -0.496 e. The molecule has 1 fully saturated rings. The highest BCUT2D eigenvalue weighted by Crippen LogP contribution is 2.29. The molecule has 37 heavy (non-hydrogen) atoms. The number of hydrogen-bond donors (Lipinski definition) is 1. The number of benzene rings is 3. The van der Waals surface area contributed by atoms with Crippen molar-refractivity contribution in [3.8, 4) is 11.5 Å². The lowest BCUT2D eigenvalue weighted by atomic mass is 10.1. The van der Waals surface area contributed by atoms with Crippen LogP contribution in [0.25, 0.3) is 0 Å². The molecular formula is C26H25ClN4O6. The van der Waals surface area contributed by atoms with E-state index in [0.29, 0.717) is 48.2 Å². The van der Waals surface area contributed by atoms with Crippen molar-refractivity contribution in [2.24, 2.45) is 0 Å². The second-order valence-electron chi connectivity index (χ2n) is 8.27. The fourth-order valence-corrected chi connectivity index (χ4v) is 4.29. The number of anilines is 2. The summed E-state index contributed by atoms with van der Waals surface area (Å²) >= 11 is 6.08. The first-order chi connectivity index (χ1) is 17.8. The van der Waals surface area contributed by atoms with Gasteiger partial charge in [-0.25, -0.2) is 0 Å². The molecule has 11 heteroatoms. The highest BCUT2D eigenvalue weighted by atomic mass is 35.5. The molecule has 0 saturated carbocycles. The molecule has 0 aliphatic carbocycles. The third kappa shape index (κ3) is 5.75. The van der Waals surface area contributed by atoms with Crippen molar-refractivity contribution in [1.82, 2.24) is 4.90 Å². The molecular weight excluding hydrogens is 500 g/mol. The van der Waals surface area contributed by atoms with Crippen molar-refractivity contribution in [2.45, 2.75) is 0 Å². The largest absolute Gasteiger partial charge is 0.496 e. The lowest BCUT2D eigenvalue weighted by molar-refractivity contribution is -0.385. The topological polar surface area (TPSA) is 114 Å². The Balaban J connectivity index is 1.37. The van der Waals surface area contributed by atoms with Gasteiger partial charge in [-0.2, -0.15) is 0 Å². The molecule has 2 amide bonds. The predicted molar refractivity (Wildman–Crippen MR) is 140 cm³/mol. The molecule has 10 nitrogen and oxygen atoms in total. The number of nitrogens with zero attached hydrogens (tertiary/aromatic N) is 3. The molecule has 3 aromatic carbocycles. The third-order valence-electron chi connectivity index (χ3n) is 6.09. The number of rotatable bonds is 7. The van der Waals surface area contributed by atoms with Crippen LogP contribution in [0.4, 0.5) is 17.1 Å². The smallest absolute Gasteiger partial charge is 0.311 e. The molecule has 1 aliphatic heterocycles. The van der Waals surface area contributed by atoms with Crippen LogP contribution in [-0.4, -0.2) is 62.0 Å². The van der Waals surface area contributed by atoms with Crippen LogP contribution in [0.1, 0.15) is 20.7 Å². The van der Waals surface area contributed by atoms with Gasteiger partial charge in [0.25, 0.3) is 11.8 Å². The molecule has 0 unspecified atom stereocenters. The van der Waals surface area contributed by atoms with E-state index in [2.05, 4.69) is 10.2 Å². The number of amides is 2. The summed E-state index contributed by atoms with van der Waals surface area (Å²) in [5, 5.41) is 14.5. The van der Waals surface area contributed by atoms with Crippen LogP contribution < -0.4 is 19.7 Å². The highest BCUT2D eigenvalue weighted by Gasteiger charge is 2.25. The van der Waals surface area contributed by atoms with Gasteiger partial charge < -0.3 is 24.6 Å². The Labute approximate surface area is 218 Å². The summed E-state index contributed by atoms with van der Waals surface area (Å²) in [6.07, 6.45) is 0. The van der Waals surface area contributed by atoms with E-state index < -0.39 is 10.8 Å². The van der Waals surface area contributed by atoms with Gasteiger partial charge in [0.15, 0.2) is 5.75 Å². The van der Waals surface area contributed by atoms with Gasteiger partial charge in [-0.1, -0.05) is 11.6 Å². The number of methoxy groups -OCH3 is 2. The van der Waals surface area contributed by atoms with E-state index in [-0.39, 0.29) is 22.9 Å². The van der Waals surface area contributed by atoms with E-state index in [0.717, 1.165) is 5.69 Å². The van der Waals surface area contributed by atoms with Gasteiger partial charge in [0.2, 0.25) is 0 Å². The van der Waals surface area contributed by atoms with Crippen LogP contribution >= 0.6 is 11.6 Å². The SMILES string of the molecule is COc1ccc(Cl)cc1C(=O)N1CCN(c2ccc(NC(=O)c3ccc(OC)c([N+](=O)[O-])c3)cc2)CC1. The van der Waals surface area contributed by atoms with E-state index in [1.54, 1.807) is 35.2 Å². The molecule has 0 aromatic heterocycles. The molecule has 0 atom stereocenters. The lowest BCUT2D eigenvalue weighted by Crippen LogP contribution is -2.48. The fraction of sp³-hybridized carbons (Fsp3) is 0.231. The number of nitrogens with one attached hydrogen (secondary N) is 1. The molecule has 3 aromatic rings. The minimum absolute atomic E-state index is 0.0828. The van der Waals surface area contributed by atoms with Gasteiger partial charge in [-0.15, -0.1) is 0 Å². The Kier molecular flexibility index (Phi) is 7.78. The predicted octanol–water partition coefficient (Wildman–Crippen LogP) is 4.48. The fourth-order valence-electron chi connectivity index (χ4n) is 4.12. The maximum absolute atomic E-state index is 13.0. The highest BCUT2D eigenvalue weighted by molar-refractivity contribution is 6.31. The molecule has 0 spiro atoms.